The zero-order valence-electron chi connectivity index (χ0n) is 14.3. The molecular formula is C19H20N4O2S. The number of carbonyl (C=O) groups is 1. The predicted octanol–water partition coefficient (Wildman–Crippen LogP) is 2.68. The Morgan fingerprint density at radius 3 is 3.04 bits per heavy atom. The SMILES string of the molecule is O=C(Cc1cccs1)N1Cc2ccnn2C(COCc2cccnc2)C1. The quantitative estimate of drug-likeness (QED) is 0.671. The van der Waals surface area contributed by atoms with Gasteiger partial charge in [-0.2, -0.15) is 5.10 Å². The van der Waals surface area contributed by atoms with Gasteiger partial charge in [-0.25, -0.2) is 0 Å². The summed E-state index contributed by atoms with van der Waals surface area (Å²) >= 11 is 1.62. The van der Waals surface area contributed by atoms with Crippen molar-refractivity contribution in [2.24, 2.45) is 0 Å². The van der Waals surface area contributed by atoms with Crippen molar-refractivity contribution in [3.63, 3.8) is 0 Å². The highest BCUT2D eigenvalue weighted by Gasteiger charge is 2.28. The minimum absolute atomic E-state index is 0.0257. The summed E-state index contributed by atoms with van der Waals surface area (Å²) in [6.07, 6.45) is 5.79. The molecule has 26 heavy (non-hydrogen) atoms. The van der Waals surface area contributed by atoms with E-state index in [0.717, 1.165) is 16.1 Å². The standard InChI is InChI=1S/C19H20N4O2S/c24-19(9-18-4-2-8-26-18)22-11-16-5-7-21-23(16)17(12-22)14-25-13-15-3-1-6-20-10-15/h1-8,10,17H,9,11-14H2. The molecule has 0 fully saturated rings. The number of ether oxygens (including phenoxy) is 1. The fourth-order valence-electron chi connectivity index (χ4n) is 3.17. The van der Waals surface area contributed by atoms with Crippen LogP contribution in [0.1, 0.15) is 22.2 Å². The van der Waals surface area contributed by atoms with Crippen LogP contribution in [-0.4, -0.2) is 38.7 Å². The minimum atomic E-state index is 0.0257. The van der Waals surface area contributed by atoms with Crippen molar-refractivity contribution in [1.82, 2.24) is 19.7 Å². The van der Waals surface area contributed by atoms with Gasteiger partial charge in [-0.05, 0) is 29.1 Å². The van der Waals surface area contributed by atoms with Crippen molar-refractivity contribution in [3.8, 4) is 0 Å². The van der Waals surface area contributed by atoms with E-state index in [9.17, 15) is 4.79 Å². The number of pyridine rings is 1. The maximum atomic E-state index is 12.7. The topological polar surface area (TPSA) is 60.2 Å². The van der Waals surface area contributed by atoms with Crippen molar-refractivity contribution in [3.05, 3.63) is 70.4 Å². The van der Waals surface area contributed by atoms with Crippen LogP contribution in [0.25, 0.3) is 0 Å². The first kappa shape index (κ1) is 16.9. The normalized spacial score (nSPS) is 16.5. The summed E-state index contributed by atoms with van der Waals surface area (Å²) in [7, 11) is 0. The van der Waals surface area contributed by atoms with Gasteiger partial charge in [-0.15, -0.1) is 11.3 Å². The van der Waals surface area contributed by atoms with E-state index in [1.54, 1.807) is 29.9 Å². The van der Waals surface area contributed by atoms with Crippen molar-refractivity contribution >= 4 is 17.2 Å². The van der Waals surface area contributed by atoms with Crippen LogP contribution in [-0.2, 0) is 29.1 Å². The zero-order valence-corrected chi connectivity index (χ0v) is 15.1. The molecule has 0 saturated carbocycles. The van der Waals surface area contributed by atoms with Crippen LogP contribution in [0.5, 0.6) is 0 Å². The molecule has 3 aromatic rings. The lowest BCUT2D eigenvalue weighted by Crippen LogP contribution is -2.43. The van der Waals surface area contributed by atoms with E-state index in [1.165, 1.54) is 0 Å². The van der Waals surface area contributed by atoms with E-state index in [2.05, 4.69) is 10.1 Å². The molecule has 1 unspecified atom stereocenters. The van der Waals surface area contributed by atoms with Gasteiger partial charge in [0, 0.05) is 30.0 Å². The van der Waals surface area contributed by atoms with Crippen LogP contribution in [0.15, 0.2) is 54.3 Å². The van der Waals surface area contributed by atoms with Crippen LogP contribution >= 0.6 is 11.3 Å². The van der Waals surface area contributed by atoms with Crippen molar-refractivity contribution in [2.45, 2.75) is 25.6 Å². The molecule has 4 rings (SSSR count). The van der Waals surface area contributed by atoms with Gasteiger partial charge in [0.05, 0.1) is 37.9 Å². The fourth-order valence-corrected chi connectivity index (χ4v) is 3.87. The first-order valence-corrected chi connectivity index (χ1v) is 9.47. The summed E-state index contributed by atoms with van der Waals surface area (Å²) in [5, 5.41) is 6.42. The smallest absolute Gasteiger partial charge is 0.228 e. The molecule has 0 bridgehead atoms. The molecule has 3 aromatic heterocycles. The molecule has 1 aliphatic heterocycles. The summed E-state index contributed by atoms with van der Waals surface area (Å²) in [6, 6.07) is 9.87. The number of nitrogens with zero attached hydrogens (tertiary/aromatic N) is 4. The summed E-state index contributed by atoms with van der Waals surface area (Å²) in [6.45, 7) is 2.23. The van der Waals surface area contributed by atoms with Gasteiger partial charge >= 0.3 is 0 Å². The highest BCUT2D eigenvalue weighted by molar-refractivity contribution is 7.10. The Morgan fingerprint density at radius 1 is 1.27 bits per heavy atom. The predicted molar refractivity (Wildman–Crippen MR) is 98.6 cm³/mol. The first-order chi connectivity index (χ1) is 12.8. The van der Waals surface area contributed by atoms with Crippen LogP contribution in [0, 0.1) is 0 Å². The lowest BCUT2D eigenvalue weighted by Gasteiger charge is -2.33. The van der Waals surface area contributed by atoms with Crippen LogP contribution < -0.4 is 0 Å². The highest BCUT2D eigenvalue weighted by Crippen LogP contribution is 2.22. The summed E-state index contributed by atoms with van der Waals surface area (Å²) in [4.78, 5) is 19.8. The van der Waals surface area contributed by atoms with Crippen LogP contribution in [0.3, 0.4) is 0 Å². The lowest BCUT2D eigenvalue weighted by atomic mass is 10.1. The van der Waals surface area contributed by atoms with Gasteiger partial charge in [0.2, 0.25) is 5.91 Å². The maximum Gasteiger partial charge on any atom is 0.228 e. The van der Waals surface area contributed by atoms with E-state index < -0.39 is 0 Å². The van der Waals surface area contributed by atoms with Crippen LogP contribution in [0.4, 0.5) is 0 Å². The number of rotatable bonds is 6. The third-order valence-corrected chi connectivity index (χ3v) is 5.32. The molecule has 0 spiro atoms. The number of aromatic nitrogens is 3. The van der Waals surface area contributed by atoms with E-state index in [1.807, 2.05) is 45.3 Å². The average molecular weight is 368 g/mol. The molecule has 0 aliphatic carbocycles. The van der Waals surface area contributed by atoms with E-state index in [-0.39, 0.29) is 11.9 Å². The molecule has 6 nitrogen and oxygen atoms in total. The number of fused-ring (bicyclic) bond motifs is 1. The monoisotopic (exact) mass is 368 g/mol. The third kappa shape index (κ3) is 3.84. The second-order valence-corrected chi connectivity index (χ2v) is 7.36. The molecule has 1 aliphatic rings. The number of amides is 1. The fraction of sp³-hybridized carbons (Fsp3) is 0.316. The Labute approximate surface area is 156 Å². The third-order valence-electron chi connectivity index (χ3n) is 4.44. The van der Waals surface area contributed by atoms with Crippen LogP contribution in [0.2, 0.25) is 0 Å². The molecule has 1 atom stereocenters. The van der Waals surface area contributed by atoms with Gasteiger partial charge in [0.15, 0.2) is 0 Å². The average Bonchev–Trinajstić information content (AvgIpc) is 3.34. The molecule has 134 valence electrons. The van der Waals surface area contributed by atoms with Crippen molar-refractivity contribution in [1.29, 1.82) is 0 Å². The number of carbonyl (C=O) groups excluding carboxylic acids is 1. The second kappa shape index (κ2) is 7.80. The molecule has 0 aromatic carbocycles. The number of hydrogen-bond acceptors (Lipinski definition) is 5. The molecule has 0 radical (unpaired) electrons. The summed E-state index contributed by atoms with van der Waals surface area (Å²) < 4.78 is 7.87. The van der Waals surface area contributed by atoms with E-state index in [4.69, 9.17) is 4.74 Å². The van der Waals surface area contributed by atoms with Gasteiger partial charge in [0.25, 0.3) is 0 Å². The molecule has 0 N–H and O–H groups in total. The van der Waals surface area contributed by atoms with Crippen molar-refractivity contribution in [2.75, 3.05) is 13.2 Å². The van der Waals surface area contributed by atoms with E-state index in [0.29, 0.717) is 32.7 Å². The first-order valence-electron chi connectivity index (χ1n) is 8.59. The van der Waals surface area contributed by atoms with Gasteiger partial charge < -0.3 is 9.64 Å². The van der Waals surface area contributed by atoms with E-state index >= 15 is 0 Å². The molecular weight excluding hydrogens is 348 g/mol. The Morgan fingerprint density at radius 2 is 2.23 bits per heavy atom. The van der Waals surface area contributed by atoms with Gasteiger partial charge in [0.1, 0.15) is 0 Å². The summed E-state index contributed by atoms with van der Waals surface area (Å²) in [5.74, 6) is 0.150. The molecule has 1 amide bonds. The Hall–Kier alpha value is -2.51. The Balaban J connectivity index is 1.40. The minimum Gasteiger partial charge on any atom is -0.374 e. The van der Waals surface area contributed by atoms with Crippen molar-refractivity contribution < 1.29 is 9.53 Å². The Bertz CT molecular complexity index is 848. The lowest BCUT2D eigenvalue weighted by molar-refractivity contribution is -0.133. The highest BCUT2D eigenvalue weighted by atomic mass is 32.1. The maximum absolute atomic E-state index is 12.7. The molecule has 7 heteroatoms. The zero-order chi connectivity index (χ0) is 17.8. The molecule has 4 heterocycles. The summed E-state index contributed by atoms with van der Waals surface area (Å²) in [5.41, 5.74) is 2.08. The number of thiophene rings is 1. The Kier molecular flexibility index (Phi) is 5.08. The largest absolute Gasteiger partial charge is 0.374 e. The molecule has 0 saturated heterocycles. The number of hydrogen-bond donors (Lipinski definition) is 0. The second-order valence-electron chi connectivity index (χ2n) is 6.33. The van der Waals surface area contributed by atoms with Gasteiger partial charge in [-0.1, -0.05) is 12.1 Å². The van der Waals surface area contributed by atoms with Gasteiger partial charge in [-0.3, -0.25) is 14.5 Å².